The molecule has 0 aromatic heterocycles. The Bertz CT molecular complexity index is 328. The number of hydrogen-bond acceptors (Lipinski definition) is 12. The Morgan fingerprint density at radius 2 is 0.833 bits per heavy atom. The highest BCUT2D eigenvalue weighted by molar-refractivity contribution is 5.84. The Labute approximate surface area is 136 Å². The maximum absolute atomic E-state index is 10.5. The van der Waals surface area contributed by atoms with Gasteiger partial charge in [-0.3, -0.25) is 9.59 Å². The van der Waals surface area contributed by atoms with E-state index in [-0.39, 0.29) is 0 Å². The van der Waals surface area contributed by atoms with Gasteiger partial charge in [0.2, 0.25) is 0 Å². The van der Waals surface area contributed by atoms with Crippen LogP contribution in [0.1, 0.15) is 0 Å². The fourth-order valence-corrected chi connectivity index (χ4v) is 1.20. The highest BCUT2D eigenvalue weighted by atomic mass is 16.4. The Balaban J connectivity index is 0. The molecule has 0 heterocycles. The lowest BCUT2D eigenvalue weighted by molar-refractivity contribution is -0.143. The van der Waals surface area contributed by atoms with Crippen molar-refractivity contribution in [3.63, 3.8) is 0 Å². The van der Waals surface area contributed by atoms with Crippen molar-refractivity contribution >= 4 is 11.6 Å². The number of carbonyl (C=O) groups is 2. The zero-order chi connectivity index (χ0) is 19.4. The van der Waals surface area contributed by atoms with Gasteiger partial charge >= 0.3 is 0 Å². The molecule has 0 aliphatic carbocycles. The van der Waals surface area contributed by atoms with E-state index in [9.17, 15) is 9.59 Å². The first kappa shape index (κ1) is 25.2. The van der Waals surface area contributed by atoms with E-state index in [0.29, 0.717) is 0 Å². The molecular weight excluding hydrogens is 336 g/mol. The average Bonchev–Trinajstić information content (AvgIpc) is 2.62. The zero-order valence-corrected chi connectivity index (χ0v) is 12.6. The minimum atomic E-state index is -1.86. The van der Waals surface area contributed by atoms with Crippen LogP contribution in [0.3, 0.4) is 0 Å². The lowest BCUT2D eigenvalue weighted by atomic mass is 10.1. The number of hydrogen-bond donors (Lipinski definition) is 10. The van der Waals surface area contributed by atoms with Crippen LogP contribution in [-0.2, 0) is 9.59 Å². The Hall–Kier alpha value is -1.06. The molecule has 0 aromatic rings. The summed E-state index contributed by atoms with van der Waals surface area (Å²) in [5.41, 5.74) is 0. The molecule has 144 valence electrons. The van der Waals surface area contributed by atoms with E-state index in [4.69, 9.17) is 51.1 Å². The monoisotopic (exact) mass is 360 g/mol. The number of aliphatic hydroxyl groups is 10. The molecule has 12 nitrogen and oxygen atoms in total. The van der Waals surface area contributed by atoms with Gasteiger partial charge in [-0.15, -0.1) is 0 Å². The van der Waals surface area contributed by atoms with E-state index in [2.05, 4.69) is 0 Å². The molecule has 0 amide bonds. The lowest BCUT2D eigenvalue weighted by Gasteiger charge is -2.19. The minimum Gasteiger partial charge on any atom is -0.394 e. The predicted octanol–water partition coefficient (Wildman–Crippen LogP) is -6.75. The van der Waals surface area contributed by atoms with Crippen LogP contribution < -0.4 is 0 Å². The standard InChI is InChI=1S/2C6H12O6/c2*7-1-3(9)5(11)6(12)4(10)2-8/h2*3,5-9,11-12H,1-2H2/t2*3-,5+,6+/m11/s1. The van der Waals surface area contributed by atoms with Gasteiger partial charge in [-0.2, -0.15) is 0 Å². The maximum Gasteiger partial charge on any atom is 0.189 e. The molecule has 0 aliphatic heterocycles. The third-order valence-corrected chi connectivity index (χ3v) is 2.78. The minimum absolute atomic E-state index is 0.767. The summed E-state index contributed by atoms with van der Waals surface area (Å²) in [6.07, 6.45) is -10.4. The summed E-state index contributed by atoms with van der Waals surface area (Å²) in [6, 6.07) is 0. The van der Waals surface area contributed by atoms with Crippen molar-refractivity contribution in [1.29, 1.82) is 0 Å². The van der Waals surface area contributed by atoms with Gasteiger partial charge in [0.1, 0.15) is 49.8 Å². The first-order valence-electron chi connectivity index (χ1n) is 6.66. The van der Waals surface area contributed by atoms with Crippen molar-refractivity contribution in [2.45, 2.75) is 36.6 Å². The predicted molar refractivity (Wildman–Crippen MR) is 74.4 cm³/mol. The third-order valence-electron chi connectivity index (χ3n) is 2.78. The molecule has 0 radical (unpaired) electrons. The fourth-order valence-electron chi connectivity index (χ4n) is 1.20. The van der Waals surface area contributed by atoms with Crippen LogP contribution in [0.4, 0.5) is 0 Å². The van der Waals surface area contributed by atoms with Crippen molar-refractivity contribution < 1.29 is 60.7 Å². The molecule has 6 atom stereocenters. The van der Waals surface area contributed by atoms with Gasteiger partial charge in [-0.05, 0) is 0 Å². The van der Waals surface area contributed by atoms with Crippen molar-refractivity contribution in [2.24, 2.45) is 0 Å². The van der Waals surface area contributed by atoms with Crippen LogP contribution in [0.25, 0.3) is 0 Å². The van der Waals surface area contributed by atoms with Gasteiger partial charge in [-0.1, -0.05) is 0 Å². The van der Waals surface area contributed by atoms with Crippen molar-refractivity contribution in [2.75, 3.05) is 26.4 Å². The van der Waals surface area contributed by atoms with Gasteiger partial charge in [0.05, 0.1) is 13.2 Å². The molecule has 0 rings (SSSR count). The SMILES string of the molecule is O=C(CO)[C@H](O)[C@@H](O)[C@H](O)CO.O=C(CO)[C@H](O)[C@@H](O)[C@H](O)CO. The summed E-state index contributed by atoms with van der Waals surface area (Å²) in [7, 11) is 0. The maximum atomic E-state index is 10.5. The van der Waals surface area contributed by atoms with Gasteiger partial charge in [0.25, 0.3) is 0 Å². The number of aliphatic hydroxyl groups excluding tert-OH is 10. The van der Waals surface area contributed by atoms with Gasteiger partial charge < -0.3 is 51.1 Å². The molecule has 0 aromatic carbocycles. The van der Waals surface area contributed by atoms with E-state index in [1.165, 1.54) is 0 Å². The molecule has 0 fully saturated rings. The van der Waals surface area contributed by atoms with Crippen LogP contribution in [-0.4, -0.2) is 126 Å². The quantitative estimate of drug-likeness (QED) is 0.175. The number of ketones is 2. The first-order chi connectivity index (χ1) is 11.1. The molecule has 0 unspecified atom stereocenters. The highest BCUT2D eigenvalue weighted by Gasteiger charge is 2.29. The molecule has 0 saturated carbocycles. The second-order valence-corrected chi connectivity index (χ2v) is 4.62. The van der Waals surface area contributed by atoms with E-state index in [1.807, 2.05) is 0 Å². The van der Waals surface area contributed by atoms with Crippen molar-refractivity contribution in [1.82, 2.24) is 0 Å². The summed E-state index contributed by atoms with van der Waals surface area (Å²) in [5.74, 6) is -2.01. The van der Waals surface area contributed by atoms with Crippen LogP contribution in [0.5, 0.6) is 0 Å². The summed E-state index contributed by atoms with van der Waals surface area (Å²) in [6.45, 7) is -3.37. The highest BCUT2D eigenvalue weighted by Crippen LogP contribution is 2.01. The Morgan fingerprint density at radius 1 is 0.583 bits per heavy atom. The Kier molecular flexibility index (Phi) is 13.9. The molecular formula is C12H24O12. The second-order valence-electron chi connectivity index (χ2n) is 4.62. The Morgan fingerprint density at radius 3 is 1.00 bits per heavy atom. The van der Waals surface area contributed by atoms with E-state index < -0.39 is 74.6 Å². The summed E-state index contributed by atoms with van der Waals surface area (Å²) >= 11 is 0. The van der Waals surface area contributed by atoms with Gasteiger partial charge in [0, 0.05) is 0 Å². The summed E-state index contributed by atoms with van der Waals surface area (Å²) in [5, 5.41) is 86.1. The topological polar surface area (TPSA) is 236 Å². The normalized spacial score (nSPS) is 18.4. The fraction of sp³-hybridized carbons (Fsp3) is 0.833. The number of carbonyl (C=O) groups excluding carboxylic acids is 2. The first-order valence-corrected chi connectivity index (χ1v) is 6.66. The van der Waals surface area contributed by atoms with Crippen LogP contribution in [0.2, 0.25) is 0 Å². The molecule has 0 saturated heterocycles. The molecule has 0 aliphatic rings. The lowest BCUT2D eigenvalue weighted by Crippen LogP contribution is -2.44. The third kappa shape index (κ3) is 8.70. The molecule has 12 heteroatoms. The van der Waals surface area contributed by atoms with Crippen molar-refractivity contribution in [3.05, 3.63) is 0 Å². The van der Waals surface area contributed by atoms with Crippen LogP contribution >= 0.6 is 0 Å². The van der Waals surface area contributed by atoms with Gasteiger partial charge in [0.15, 0.2) is 11.6 Å². The summed E-state index contributed by atoms with van der Waals surface area (Å²) in [4.78, 5) is 21.0. The molecule has 10 N–H and O–H groups in total. The van der Waals surface area contributed by atoms with Crippen LogP contribution in [0, 0.1) is 0 Å². The zero-order valence-electron chi connectivity index (χ0n) is 12.6. The van der Waals surface area contributed by atoms with E-state index in [1.54, 1.807) is 0 Å². The van der Waals surface area contributed by atoms with E-state index >= 15 is 0 Å². The molecule has 0 bridgehead atoms. The summed E-state index contributed by atoms with van der Waals surface area (Å²) < 4.78 is 0. The number of rotatable bonds is 10. The van der Waals surface area contributed by atoms with Gasteiger partial charge in [-0.25, -0.2) is 0 Å². The molecule has 24 heavy (non-hydrogen) atoms. The second kappa shape index (κ2) is 13.3. The largest absolute Gasteiger partial charge is 0.394 e. The smallest absolute Gasteiger partial charge is 0.189 e. The number of Topliss-reactive ketones (excluding diaryl/α,β-unsaturated/α-hetero) is 2. The van der Waals surface area contributed by atoms with Crippen LogP contribution in [0.15, 0.2) is 0 Å². The van der Waals surface area contributed by atoms with Crippen molar-refractivity contribution in [3.8, 4) is 0 Å². The average molecular weight is 360 g/mol. The van der Waals surface area contributed by atoms with E-state index in [0.717, 1.165) is 0 Å². The molecule has 0 spiro atoms.